The normalized spacial score (nSPS) is 18.8. The van der Waals surface area contributed by atoms with Crippen LogP contribution >= 0.6 is 12.4 Å². The number of alkyl halides is 6. The van der Waals surface area contributed by atoms with Gasteiger partial charge in [0, 0.05) is 31.1 Å². The minimum atomic E-state index is -5.66. The quantitative estimate of drug-likeness (QED) is 0.242. The Morgan fingerprint density at radius 1 is 0.683 bits per heavy atom. The summed E-state index contributed by atoms with van der Waals surface area (Å²) in [6, 6.07) is 5.40. The molecule has 0 amide bonds. The summed E-state index contributed by atoms with van der Waals surface area (Å²) in [5.74, 6) is -0.592. The van der Waals surface area contributed by atoms with Crippen molar-refractivity contribution in [2.75, 3.05) is 13.1 Å². The molecular formula is C23H28ClF6N3O6S2. The highest BCUT2D eigenvalue weighted by atomic mass is 35.5. The van der Waals surface area contributed by atoms with Gasteiger partial charge in [-0.15, -0.1) is 12.4 Å². The Bertz CT molecular complexity index is 1210. The molecule has 2 aromatic heterocycles. The van der Waals surface area contributed by atoms with Gasteiger partial charge >= 0.3 is 31.3 Å². The maximum atomic E-state index is 12.1. The molecule has 1 saturated heterocycles. The molecule has 18 heteroatoms. The molecule has 0 radical (unpaired) electrons. The Balaban J connectivity index is 0.000000280. The van der Waals surface area contributed by atoms with Crippen LogP contribution in [0.4, 0.5) is 26.3 Å². The van der Waals surface area contributed by atoms with Crippen molar-refractivity contribution in [3.8, 4) is 11.8 Å². The van der Waals surface area contributed by atoms with Crippen LogP contribution in [0.2, 0.25) is 0 Å². The monoisotopic (exact) mass is 655 g/mol. The molecule has 2 aliphatic rings. The highest BCUT2D eigenvalue weighted by Gasteiger charge is 2.49. The second kappa shape index (κ2) is 14.2. The average Bonchev–Trinajstić information content (AvgIpc) is 2.89. The number of piperidine rings is 1. The van der Waals surface area contributed by atoms with Crippen LogP contribution in [-0.4, -0.2) is 50.9 Å². The second-order valence-electron chi connectivity index (χ2n) is 9.20. The van der Waals surface area contributed by atoms with Crippen molar-refractivity contribution in [3.63, 3.8) is 0 Å². The Morgan fingerprint density at radius 2 is 1.12 bits per heavy atom. The van der Waals surface area contributed by atoms with Crippen molar-refractivity contribution in [2.45, 2.75) is 67.8 Å². The van der Waals surface area contributed by atoms with E-state index in [4.69, 9.17) is 0 Å². The van der Waals surface area contributed by atoms with Crippen molar-refractivity contribution in [1.82, 2.24) is 15.3 Å². The largest absolute Gasteiger partial charge is 0.534 e. The summed E-state index contributed by atoms with van der Waals surface area (Å²) < 4.78 is 124. The van der Waals surface area contributed by atoms with Crippen LogP contribution in [0.3, 0.4) is 0 Å². The highest BCUT2D eigenvalue weighted by molar-refractivity contribution is 7.88. The summed E-state index contributed by atoms with van der Waals surface area (Å²) >= 11 is 0. The molecule has 0 bridgehead atoms. The molecule has 2 aromatic rings. The smallest absolute Gasteiger partial charge is 0.355 e. The maximum Gasteiger partial charge on any atom is 0.534 e. The molecule has 1 atom stereocenters. The van der Waals surface area contributed by atoms with E-state index < -0.39 is 43.0 Å². The van der Waals surface area contributed by atoms with Gasteiger partial charge in [-0.25, -0.2) is 9.97 Å². The lowest BCUT2D eigenvalue weighted by atomic mass is 9.85. The van der Waals surface area contributed by atoms with Gasteiger partial charge in [0.05, 0.1) is 0 Å². The van der Waals surface area contributed by atoms with Crippen LogP contribution < -0.4 is 13.7 Å². The van der Waals surface area contributed by atoms with Crippen molar-refractivity contribution in [3.05, 3.63) is 47.8 Å². The zero-order chi connectivity index (χ0) is 29.6. The fourth-order valence-electron chi connectivity index (χ4n) is 4.26. The third-order valence-electron chi connectivity index (χ3n) is 6.32. The fourth-order valence-corrected chi connectivity index (χ4v) is 5.09. The van der Waals surface area contributed by atoms with E-state index in [1.807, 2.05) is 0 Å². The minimum Gasteiger partial charge on any atom is -0.355 e. The van der Waals surface area contributed by atoms with E-state index in [0.29, 0.717) is 5.92 Å². The van der Waals surface area contributed by atoms with Gasteiger partial charge in [0.1, 0.15) is 0 Å². The molecule has 232 valence electrons. The topological polar surface area (TPSA) is 125 Å². The molecule has 0 aromatic carbocycles. The van der Waals surface area contributed by atoms with Crippen LogP contribution in [-0.2, 0) is 20.2 Å². The van der Waals surface area contributed by atoms with Gasteiger partial charge in [0.15, 0.2) is 0 Å². The van der Waals surface area contributed by atoms with Crippen LogP contribution in [0.25, 0.3) is 0 Å². The minimum absolute atomic E-state index is 0. The third-order valence-corrected chi connectivity index (χ3v) is 8.23. The van der Waals surface area contributed by atoms with E-state index in [-0.39, 0.29) is 18.3 Å². The molecule has 1 saturated carbocycles. The van der Waals surface area contributed by atoms with Gasteiger partial charge in [0.2, 0.25) is 11.8 Å². The van der Waals surface area contributed by atoms with Crippen LogP contribution in [0, 0.1) is 0 Å². The van der Waals surface area contributed by atoms with Crippen molar-refractivity contribution in [1.29, 1.82) is 0 Å². The number of halogens is 7. The number of rotatable bonds is 6. The van der Waals surface area contributed by atoms with Gasteiger partial charge in [-0.3, -0.25) is 0 Å². The number of nitrogens with zero attached hydrogens (tertiary/aromatic N) is 2. The Hall–Kier alpha value is -2.37. The van der Waals surface area contributed by atoms with E-state index >= 15 is 0 Å². The van der Waals surface area contributed by atoms with Crippen molar-refractivity contribution < 1.29 is 51.5 Å². The first-order valence-corrected chi connectivity index (χ1v) is 15.0. The maximum absolute atomic E-state index is 12.1. The number of aromatic nitrogens is 2. The summed E-state index contributed by atoms with van der Waals surface area (Å²) in [5, 5.41) is 3.20. The van der Waals surface area contributed by atoms with Crippen molar-refractivity contribution in [2.24, 2.45) is 0 Å². The second-order valence-corrected chi connectivity index (χ2v) is 12.3. The number of hydrogen-bond donors (Lipinski definition) is 1. The van der Waals surface area contributed by atoms with E-state index in [9.17, 15) is 43.2 Å². The average molecular weight is 656 g/mol. The highest BCUT2D eigenvalue weighted by Crippen LogP contribution is 2.33. The summed E-state index contributed by atoms with van der Waals surface area (Å²) in [7, 11) is -11.3. The molecule has 9 nitrogen and oxygen atoms in total. The molecule has 0 spiro atoms. The summed E-state index contributed by atoms with van der Waals surface area (Å²) in [6.07, 6.45) is 10.1. The molecule has 3 heterocycles. The zero-order valence-electron chi connectivity index (χ0n) is 21.3. The van der Waals surface area contributed by atoms with E-state index in [1.54, 1.807) is 6.07 Å². The first-order valence-electron chi connectivity index (χ1n) is 12.2. The number of pyridine rings is 2. The molecule has 1 N–H and O–H groups in total. The standard InChI is InChI=1S/C12H14F3NO3S.C11H13F3N2O3S.ClH/c13-12(14,15)20(17,18)19-11-7-6-10(8-16-11)9-4-2-1-3-5-9;12-11(13,14)20(17,18)19-10-4-3-9(7-16-10)8-2-1-5-15-6-8;/h6-9H,1-5H2;3-4,7-8,15H,1-2,5-6H2;1H/t;8-;/m.1./s1. The lowest BCUT2D eigenvalue weighted by Gasteiger charge is -2.22. The van der Waals surface area contributed by atoms with Gasteiger partial charge in [0.25, 0.3) is 0 Å². The lowest BCUT2D eigenvalue weighted by molar-refractivity contribution is -0.0506. The van der Waals surface area contributed by atoms with Gasteiger partial charge in [-0.05, 0) is 55.2 Å². The number of nitrogens with one attached hydrogen (secondary N) is 1. The molecule has 2 fully saturated rings. The molecule has 0 unspecified atom stereocenters. The van der Waals surface area contributed by atoms with Gasteiger partial charge in [-0.2, -0.15) is 43.2 Å². The summed E-state index contributed by atoms with van der Waals surface area (Å²) in [6.45, 7) is 1.71. The first kappa shape index (κ1) is 34.8. The zero-order valence-corrected chi connectivity index (χ0v) is 23.8. The van der Waals surface area contributed by atoms with Gasteiger partial charge in [-0.1, -0.05) is 31.4 Å². The molecule has 1 aliphatic heterocycles. The molecule has 4 rings (SSSR count). The predicted molar refractivity (Wildman–Crippen MR) is 138 cm³/mol. The van der Waals surface area contributed by atoms with E-state index in [2.05, 4.69) is 23.7 Å². The summed E-state index contributed by atoms with van der Waals surface area (Å²) in [4.78, 5) is 7.27. The number of hydrogen-bond acceptors (Lipinski definition) is 9. The third kappa shape index (κ3) is 9.85. The van der Waals surface area contributed by atoms with Crippen LogP contribution in [0.5, 0.6) is 11.8 Å². The van der Waals surface area contributed by atoms with Crippen LogP contribution in [0.1, 0.15) is 67.9 Å². The SMILES string of the molecule is Cl.O=S(=O)(Oc1ccc(C2CCCCC2)cn1)C(F)(F)F.O=S(=O)(Oc1ccc([C@@H]2CCCNC2)cn1)C(F)(F)F. The Kier molecular flexibility index (Phi) is 12.1. The predicted octanol–water partition coefficient (Wildman–Crippen LogP) is 5.56. The van der Waals surface area contributed by atoms with Gasteiger partial charge < -0.3 is 13.7 Å². The fraction of sp³-hybridized carbons (Fsp3) is 0.565. The Labute approximate surface area is 239 Å². The molecular weight excluding hydrogens is 628 g/mol. The Morgan fingerprint density at radius 3 is 1.49 bits per heavy atom. The van der Waals surface area contributed by atoms with E-state index in [1.165, 1.54) is 24.9 Å². The van der Waals surface area contributed by atoms with E-state index in [0.717, 1.165) is 74.9 Å². The molecule has 41 heavy (non-hydrogen) atoms. The first-order chi connectivity index (χ1) is 18.6. The van der Waals surface area contributed by atoms with Crippen molar-refractivity contribution >= 4 is 32.6 Å². The summed E-state index contributed by atoms with van der Waals surface area (Å²) in [5.41, 5.74) is -9.16. The van der Waals surface area contributed by atoms with Crippen LogP contribution in [0.15, 0.2) is 36.7 Å². The molecule has 1 aliphatic carbocycles. The lowest BCUT2D eigenvalue weighted by Crippen LogP contribution is -2.29.